The Morgan fingerprint density at radius 3 is 3.05 bits per heavy atom. The molecule has 0 aromatic carbocycles. The standard InChI is InChI=1S/C17H19N3OS/c1-4-7-20-12(2)9-15(13(20)3)16-11-22-17(19-16)18-10-14-6-5-8-21-14/h4-6,8-9,11H,1,7,10H2,2-3H3,(H,18,19). The molecule has 0 aliphatic rings. The monoisotopic (exact) mass is 313 g/mol. The van der Waals surface area contributed by atoms with Gasteiger partial charge in [-0.05, 0) is 32.0 Å². The predicted octanol–water partition coefficient (Wildman–Crippen LogP) is 4.62. The number of furan rings is 1. The van der Waals surface area contributed by atoms with Crippen molar-refractivity contribution in [1.82, 2.24) is 9.55 Å². The van der Waals surface area contributed by atoms with Gasteiger partial charge in [0.25, 0.3) is 0 Å². The molecule has 0 aliphatic carbocycles. The normalized spacial score (nSPS) is 10.8. The first kappa shape index (κ1) is 14.7. The minimum absolute atomic E-state index is 0.648. The summed E-state index contributed by atoms with van der Waals surface area (Å²) in [5, 5.41) is 6.28. The molecular formula is C17H19N3OS. The average Bonchev–Trinajstić information content (AvgIpc) is 3.22. The third-order valence-electron chi connectivity index (χ3n) is 3.66. The van der Waals surface area contributed by atoms with E-state index >= 15 is 0 Å². The van der Waals surface area contributed by atoms with Crippen LogP contribution in [-0.2, 0) is 13.1 Å². The van der Waals surface area contributed by atoms with Crippen LogP contribution in [-0.4, -0.2) is 9.55 Å². The van der Waals surface area contributed by atoms with Crippen LogP contribution in [0.3, 0.4) is 0 Å². The van der Waals surface area contributed by atoms with Crippen molar-refractivity contribution in [2.45, 2.75) is 26.9 Å². The molecule has 0 bridgehead atoms. The highest BCUT2D eigenvalue weighted by Crippen LogP contribution is 2.30. The highest BCUT2D eigenvalue weighted by Gasteiger charge is 2.13. The van der Waals surface area contributed by atoms with Crippen LogP contribution in [0.1, 0.15) is 17.1 Å². The number of allylic oxidation sites excluding steroid dienone is 1. The number of nitrogens with one attached hydrogen (secondary N) is 1. The number of thiazole rings is 1. The Morgan fingerprint density at radius 1 is 1.45 bits per heavy atom. The van der Waals surface area contributed by atoms with Gasteiger partial charge < -0.3 is 14.3 Å². The second-order valence-corrected chi connectivity index (χ2v) is 6.01. The number of hydrogen-bond donors (Lipinski definition) is 1. The van der Waals surface area contributed by atoms with Crippen LogP contribution in [0.15, 0.2) is 46.9 Å². The molecule has 0 aliphatic heterocycles. The van der Waals surface area contributed by atoms with Gasteiger partial charge in [-0.2, -0.15) is 0 Å². The quantitative estimate of drug-likeness (QED) is 0.675. The number of nitrogens with zero attached hydrogens (tertiary/aromatic N) is 2. The van der Waals surface area contributed by atoms with Crippen LogP contribution in [0.2, 0.25) is 0 Å². The van der Waals surface area contributed by atoms with Crippen LogP contribution < -0.4 is 5.32 Å². The van der Waals surface area contributed by atoms with Gasteiger partial charge in [-0.1, -0.05) is 6.08 Å². The molecule has 0 fully saturated rings. The maximum atomic E-state index is 5.31. The Bertz CT molecular complexity index is 768. The summed E-state index contributed by atoms with van der Waals surface area (Å²) >= 11 is 1.61. The average molecular weight is 313 g/mol. The van der Waals surface area contributed by atoms with E-state index in [2.05, 4.69) is 46.7 Å². The fourth-order valence-corrected chi connectivity index (χ4v) is 3.23. The second kappa shape index (κ2) is 6.23. The van der Waals surface area contributed by atoms with Crippen LogP contribution in [0.5, 0.6) is 0 Å². The highest BCUT2D eigenvalue weighted by molar-refractivity contribution is 7.14. The molecule has 0 unspecified atom stereocenters. The van der Waals surface area contributed by atoms with E-state index in [-0.39, 0.29) is 0 Å². The van der Waals surface area contributed by atoms with Crippen molar-refractivity contribution in [1.29, 1.82) is 0 Å². The first-order chi connectivity index (χ1) is 10.7. The zero-order valence-electron chi connectivity index (χ0n) is 12.8. The van der Waals surface area contributed by atoms with Gasteiger partial charge in [0.2, 0.25) is 0 Å². The van der Waals surface area contributed by atoms with Gasteiger partial charge in [0.1, 0.15) is 5.76 Å². The molecule has 5 heteroatoms. The first-order valence-corrected chi connectivity index (χ1v) is 8.06. The number of anilines is 1. The molecule has 4 nitrogen and oxygen atoms in total. The third-order valence-corrected chi connectivity index (χ3v) is 4.46. The third kappa shape index (κ3) is 2.85. The minimum Gasteiger partial charge on any atom is -0.467 e. The fraction of sp³-hybridized carbons (Fsp3) is 0.235. The zero-order valence-corrected chi connectivity index (χ0v) is 13.6. The predicted molar refractivity (Wildman–Crippen MR) is 91.2 cm³/mol. The summed E-state index contributed by atoms with van der Waals surface area (Å²) in [6, 6.07) is 6.02. The summed E-state index contributed by atoms with van der Waals surface area (Å²) in [5.74, 6) is 0.904. The maximum Gasteiger partial charge on any atom is 0.183 e. The highest BCUT2D eigenvalue weighted by atomic mass is 32.1. The summed E-state index contributed by atoms with van der Waals surface area (Å²) in [6.45, 7) is 9.53. The van der Waals surface area contributed by atoms with E-state index < -0.39 is 0 Å². The van der Waals surface area contributed by atoms with E-state index in [9.17, 15) is 0 Å². The summed E-state index contributed by atoms with van der Waals surface area (Å²) in [5.41, 5.74) is 4.64. The van der Waals surface area contributed by atoms with Crippen molar-refractivity contribution in [3.63, 3.8) is 0 Å². The summed E-state index contributed by atoms with van der Waals surface area (Å²) < 4.78 is 7.56. The van der Waals surface area contributed by atoms with E-state index in [0.29, 0.717) is 6.54 Å². The molecule has 3 aromatic heterocycles. The van der Waals surface area contributed by atoms with E-state index in [0.717, 1.165) is 23.1 Å². The van der Waals surface area contributed by atoms with E-state index in [4.69, 9.17) is 4.42 Å². The maximum absolute atomic E-state index is 5.31. The lowest BCUT2D eigenvalue weighted by molar-refractivity contribution is 0.518. The molecule has 0 atom stereocenters. The van der Waals surface area contributed by atoms with E-state index in [1.54, 1.807) is 17.6 Å². The van der Waals surface area contributed by atoms with Gasteiger partial charge in [0.05, 0.1) is 18.5 Å². The first-order valence-electron chi connectivity index (χ1n) is 7.19. The zero-order chi connectivity index (χ0) is 15.5. The number of aromatic nitrogens is 2. The summed E-state index contributed by atoms with van der Waals surface area (Å²) in [7, 11) is 0. The van der Waals surface area contributed by atoms with E-state index in [1.807, 2.05) is 18.2 Å². The van der Waals surface area contributed by atoms with Crippen LogP contribution in [0, 0.1) is 13.8 Å². The summed E-state index contributed by atoms with van der Waals surface area (Å²) in [6.07, 6.45) is 3.60. The van der Waals surface area contributed by atoms with Crippen LogP contribution in [0.4, 0.5) is 5.13 Å². The minimum atomic E-state index is 0.648. The van der Waals surface area contributed by atoms with Gasteiger partial charge in [0.15, 0.2) is 5.13 Å². The molecule has 3 rings (SSSR count). The Balaban J connectivity index is 1.78. The molecule has 0 spiro atoms. The summed E-state index contributed by atoms with van der Waals surface area (Å²) in [4.78, 5) is 4.68. The second-order valence-electron chi connectivity index (χ2n) is 5.15. The lowest BCUT2D eigenvalue weighted by Crippen LogP contribution is -1.99. The van der Waals surface area contributed by atoms with Crippen molar-refractivity contribution in [2.24, 2.45) is 0 Å². The van der Waals surface area contributed by atoms with Crippen LogP contribution >= 0.6 is 11.3 Å². The molecule has 3 aromatic rings. The van der Waals surface area contributed by atoms with Gasteiger partial charge in [0, 0.05) is 28.9 Å². The molecule has 1 N–H and O–H groups in total. The molecule has 0 saturated carbocycles. The Labute approximate surface area is 134 Å². The lowest BCUT2D eigenvalue weighted by Gasteiger charge is -2.05. The van der Waals surface area contributed by atoms with Crippen molar-refractivity contribution >= 4 is 16.5 Å². The Morgan fingerprint density at radius 2 is 2.32 bits per heavy atom. The van der Waals surface area contributed by atoms with Crippen molar-refractivity contribution in [3.05, 3.63) is 59.6 Å². The van der Waals surface area contributed by atoms with Crippen molar-refractivity contribution in [2.75, 3.05) is 5.32 Å². The number of aryl methyl sites for hydroxylation is 1. The topological polar surface area (TPSA) is 43.0 Å². The molecule has 0 amide bonds. The Hall–Kier alpha value is -2.27. The number of rotatable bonds is 6. The molecule has 22 heavy (non-hydrogen) atoms. The number of hydrogen-bond acceptors (Lipinski definition) is 4. The van der Waals surface area contributed by atoms with Crippen molar-refractivity contribution in [3.8, 4) is 11.3 Å². The fourth-order valence-electron chi connectivity index (χ4n) is 2.53. The lowest BCUT2D eigenvalue weighted by atomic mass is 10.2. The van der Waals surface area contributed by atoms with Gasteiger partial charge in [-0.25, -0.2) is 4.98 Å². The van der Waals surface area contributed by atoms with Crippen LogP contribution in [0.25, 0.3) is 11.3 Å². The largest absolute Gasteiger partial charge is 0.467 e. The smallest absolute Gasteiger partial charge is 0.183 e. The van der Waals surface area contributed by atoms with Gasteiger partial charge in [-0.15, -0.1) is 17.9 Å². The Kier molecular flexibility index (Phi) is 4.15. The SMILES string of the molecule is C=CCn1c(C)cc(-c2csc(NCc3ccco3)n2)c1C. The molecular weight excluding hydrogens is 294 g/mol. The molecule has 0 radical (unpaired) electrons. The molecule has 0 saturated heterocycles. The van der Waals surface area contributed by atoms with Crippen molar-refractivity contribution < 1.29 is 4.42 Å². The van der Waals surface area contributed by atoms with Gasteiger partial charge >= 0.3 is 0 Å². The van der Waals surface area contributed by atoms with Gasteiger partial charge in [-0.3, -0.25) is 0 Å². The molecule has 114 valence electrons. The molecule has 3 heterocycles. The van der Waals surface area contributed by atoms with E-state index in [1.165, 1.54) is 17.0 Å².